The average molecular weight is 453 g/mol. The Bertz CT molecular complexity index is 617. The summed E-state index contributed by atoms with van der Waals surface area (Å²) in [5.74, 6) is -3.41. The Morgan fingerprint density at radius 2 is 0.760 bits per heavy atom. The number of rotatable bonds is 2. The fourth-order valence-electron chi connectivity index (χ4n) is 1.44. The van der Waals surface area contributed by atoms with Gasteiger partial charge < -0.3 is 36.1 Å². The summed E-state index contributed by atoms with van der Waals surface area (Å²) in [4.78, 5) is 20.6. The van der Waals surface area contributed by atoms with Gasteiger partial charge in [0.2, 0.25) is 0 Å². The van der Waals surface area contributed by atoms with Crippen molar-refractivity contribution < 1.29 is 79.8 Å². The second kappa shape index (κ2) is 12.0. The summed E-state index contributed by atoms with van der Waals surface area (Å²) in [5.41, 5.74) is -0.273. The molecule has 2 aromatic carbocycles. The van der Waals surface area contributed by atoms with Crippen molar-refractivity contribution in [1.29, 1.82) is 0 Å². The Hall–Kier alpha value is -2.42. The predicted octanol–water partition coefficient (Wildman–Crippen LogP) is 0.762. The van der Waals surface area contributed by atoms with Gasteiger partial charge in [-0.1, -0.05) is 0 Å². The standard InChI is InChI=1S/2C7H6O4.2Cu.H2O/c2*8-5-1-4(7(10)11)2-6(9)3-5;;;/h2*1-3,8-9H,(H,10,11);;;1H2. The van der Waals surface area contributed by atoms with Crippen LogP contribution in [0, 0.1) is 0 Å². The van der Waals surface area contributed by atoms with Gasteiger partial charge in [-0.05, 0) is 24.3 Å². The molecule has 0 unspecified atom stereocenters. The van der Waals surface area contributed by atoms with Crippen LogP contribution in [0.5, 0.6) is 23.0 Å². The van der Waals surface area contributed by atoms with Gasteiger partial charge in [-0.2, -0.15) is 0 Å². The van der Waals surface area contributed by atoms with Crippen molar-refractivity contribution in [2.24, 2.45) is 0 Å². The fraction of sp³-hybridized carbons (Fsp3) is 0. The van der Waals surface area contributed by atoms with E-state index in [1.165, 1.54) is 0 Å². The van der Waals surface area contributed by atoms with Crippen molar-refractivity contribution in [2.45, 2.75) is 0 Å². The smallest absolute Gasteiger partial charge is 0.335 e. The van der Waals surface area contributed by atoms with Crippen molar-refractivity contribution >= 4 is 11.9 Å². The zero-order valence-corrected chi connectivity index (χ0v) is 14.0. The van der Waals surface area contributed by atoms with Gasteiger partial charge in [-0.3, -0.25) is 0 Å². The molecule has 0 saturated carbocycles. The van der Waals surface area contributed by atoms with Crippen molar-refractivity contribution in [1.82, 2.24) is 0 Å². The molecule has 25 heavy (non-hydrogen) atoms. The van der Waals surface area contributed by atoms with Gasteiger partial charge in [0.15, 0.2) is 0 Å². The van der Waals surface area contributed by atoms with Gasteiger partial charge in [0.1, 0.15) is 23.0 Å². The third kappa shape index (κ3) is 9.45. The van der Waals surface area contributed by atoms with Gasteiger partial charge in [-0.25, -0.2) is 9.59 Å². The topological polar surface area (TPSA) is 187 Å². The Balaban J connectivity index is -0.000000346. The molecular formula is C14H14Cu2O9. The third-order valence-corrected chi connectivity index (χ3v) is 2.30. The minimum atomic E-state index is -1.18. The number of benzene rings is 2. The largest absolute Gasteiger partial charge is 0.508 e. The molecule has 0 spiro atoms. The Morgan fingerprint density at radius 1 is 0.560 bits per heavy atom. The molecule has 2 aromatic rings. The second-order valence-corrected chi connectivity index (χ2v) is 4.09. The molecular weight excluding hydrogens is 439 g/mol. The van der Waals surface area contributed by atoms with Crippen LogP contribution in [0.3, 0.4) is 0 Å². The summed E-state index contributed by atoms with van der Waals surface area (Å²) in [6.45, 7) is 0. The van der Waals surface area contributed by atoms with E-state index in [9.17, 15) is 9.59 Å². The Labute approximate surface area is 162 Å². The molecule has 0 aliphatic rings. The zero-order chi connectivity index (χ0) is 16.9. The number of carbonyl (C=O) groups is 2. The number of aromatic carboxylic acids is 2. The summed E-state index contributed by atoms with van der Waals surface area (Å²) in [7, 11) is 0. The van der Waals surface area contributed by atoms with Crippen molar-refractivity contribution in [2.75, 3.05) is 0 Å². The minimum Gasteiger partial charge on any atom is -0.508 e. The van der Waals surface area contributed by atoms with Crippen molar-refractivity contribution in [3.05, 3.63) is 47.5 Å². The normalized spacial score (nSPS) is 8.32. The number of hydrogen-bond acceptors (Lipinski definition) is 6. The number of phenolic OH excluding ortho intramolecular Hbond substituents is 4. The van der Waals surface area contributed by atoms with Crippen LogP contribution in [0.4, 0.5) is 0 Å². The van der Waals surface area contributed by atoms with Crippen molar-refractivity contribution in [3.63, 3.8) is 0 Å². The summed E-state index contributed by atoms with van der Waals surface area (Å²) in [5, 5.41) is 52.1. The number of carboxylic acid groups (broad SMARTS) is 2. The van der Waals surface area contributed by atoms with Crippen molar-refractivity contribution in [3.8, 4) is 23.0 Å². The second-order valence-electron chi connectivity index (χ2n) is 4.09. The SMILES string of the molecule is O.O=C(O)c1cc(O)cc(O)c1.O=C(O)c1cc(O)cc(O)c1.[Cu].[Cu]. The molecule has 0 saturated heterocycles. The molecule has 0 aromatic heterocycles. The first kappa shape index (κ1) is 27.4. The van der Waals surface area contributed by atoms with Crippen LogP contribution in [0.1, 0.15) is 20.7 Å². The van der Waals surface area contributed by atoms with Gasteiger partial charge in [0, 0.05) is 46.3 Å². The van der Waals surface area contributed by atoms with Gasteiger partial charge in [0.05, 0.1) is 11.1 Å². The molecule has 2 rings (SSSR count). The summed E-state index contributed by atoms with van der Waals surface area (Å²) < 4.78 is 0. The van der Waals surface area contributed by atoms with Crippen LogP contribution in [-0.4, -0.2) is 48.1 Å². The van der Waals surface area contributed by atoms with E-state index in [1.807, 2.05) is 0 Å². The molecule has 0 fully saturated rings. The summed E-state index contributed by atoms with van der Waals surface area (Å²) in [6.07, 6.45) is 0. The quantitative estimate of drug-likeness (QED) is 0.360. The molecule has 11 heteroatoms. The van der Waals surface area contributed by atoms with Crippen LogP contribution in [0.2, 0.25) is 0 Å². The first-order chi connectivity index (χ1) is 10.2. The van der Waals surface area contributed by atoms with E-state index >= 15 is 0 Å². The number of carboxylic acids is 2. The van der Waals surface area contributed by atoms with Gasteiger partial charge in [0.25, 0.3) is 0 Å². The van der Waals surface area contributed by atoms with Crippen LogP contribution in [0.25, 0.3) is 0 Å². The summed E-state index contributed by atoms with van der Waals surface area (Å²) in [6, 6.07) is 6.35. The third-order valence-electron chi connectivity index (χ3n) is 2.30. The average Bonchev–Trinajstić information content (AvgIpc) is 2.37. The Kier molecular flexibility index (Phi) is 13.2. The molecule has 0 amide bonds. The molecule has 0 aliphatic carbocycles. The van der Waals surface area contributed by atoms with Gasteiger partial charge >= 0.3 is 11.9 Å². The molecule has 8 N–H and O–H groups in total. The van der Waals surface area contributed by atoms with Crippen LogP contribution < -0.4 is 0 Å². The van der Waals surface area contributed by atoms with E-state index in [4.69, 9.17) is 30.6 Å². The van der Waals surface area contributed by atoms with E-state index in [2.05, 4.69) is 0 Å². The minimum absolute atomic E-state index is 0. The first-order valence-electron chi connectivity index (χ1n) is 5.71. The predicted molar refractivity (Wildman–Crippen MR) is 77.1 cm³/mol. The molecule has 0 aliphatic heterocycles. The maximum atomic E-state index is 10.3. The maximum absolute atomic E-state index is 10.3. The van der Waals surface area contributed by atoms with E-state index in [0.717, 1.165) is 36.4 Å². The van der Waals surface area contributed by atoms with E-state index in [-0.39, 0.29) is 73.7 Å². The van der Waals surface area contributed by atoms with E-state index in [0.29, 0.717) is 0 Å². The number of hydrogen-bond donors (Lipinski definition) is 6. The summed E-state index contributed by atoms with van der Waals surface area (Å²) >= 11 is 0. The van der Waals surface area contributed by atoms with E-state index < -0.39 is 11.9 Å². The molecule has 9 nitrogen and oxygen atoms in total. The molecule has 0 bridgehead atoms. The zero-order valence-electron chi connectivity index (χ0n) is 12.1. The van der Waals surface area contributed by atoms with E-state index in [1.54, 1.807) is 0 Å². The van der Waals surface area contributed by atoms with Crippen LogP contribution in [0.15, 0.2) is 36.4 Å². The van der Waals surface area contributed by atoms with Gasteiger partial charge in [-0.15, -0.1) is 0 Å². The molecule has 2 radical (unpaired) electrons. The number of aromatic hydroxyl groups is 4. The number of phenols is 4. The van der Waals surface area contributed by atoms with Crippen LogP contribution >= 0.6 is 0 Å². The molecule has 146 valence electrons. The molecule has 0 heterocycles. The first-order valence-corrected chi connectivity index (χ1v) is 5.71. The van der Waals surface area contributed by atoms with Crippen LogP contribution in [-0.2, 0) is 34.1 Å². The monoisotopic (exact) mass is 452 g/mol. The fourth-order valence-corrected chi connectivity index (χ4v) is 1.44. The molecule has 0 atom stereocenters. The maximum Gasteiger partial charge on any atom is 0.335 e. The Morgan fingerprint density at radius 3 is 0.920 bits per heavy atom.